The molecule has 0 aliphatic rings. The number of amides is 2. The van der Waals surface area contributed by atoms with Crippen LogP contribution in [-0.2, 0) is 11.3 Å². The number of nitrogens with zero attached hydrogens (tertiary/aromatic N) is 5. The number of nitro benzene ring substituents is 1. The fourth-order valence-electron chi connectivity index (χ4n) is 3.05. The van der Waals surface area contributed by atoms with Gasteiger partial charge in [-0.15, -0.1) is 5.10 Å². The lowest BCUT2D eigenvalue weighted by Crippen LogP contribution is -2.40. The molecule has 0 spiro atoms. The standard InChI is InChI=1S/C21H22N6O4/c1-3-25(14-16-8-5-4-6-9-16)19(28)13-22-21(29)20-15(2)26(24-23-20)17-10-7-11-18(12-17)27(30)31/h4-12H,3,13-14H2,1-2H3,(H,22,29). The summed E-state index contributed by atoms with van der Waals surface area (Å²) in [6.07, 6.45) is 0. The first-order valence-electron chi connectivity index (χ1n) is 9.67. The number of likely N-dealkylation sites (N-methyl/N-ethyl adjacent to an activating group) is 1. The number of hydrogen-bond donors (Lipinski definition) is 1. The number of hydrogen-bond acceptors (Lipinski definition) is 6. The molecule has 1 heterocycles. The van der Waals surface area contributed by atoms with E-state index in [9.17, 15) is 19.7 Å². The lowest BCUT2D eigenvalue weighted by Gasteiger charge is -2.21. The third-order valence-corrected chi connectivity index (χ3v) is 4.75. The second kappa shape index (κ2) is 9.61. The van der Waals surface area contributed by atoms with E-state index < -0.39 is 10.8 Å². The normalized spacial score (nSPS) is 10.5. The smallest absolute Gasteiger partial charge is 0.274 e. The van der Waals surface area contributed by atoms with E-state index in [-0.39, 0.29) is 23.8 Å². The molecule has 160 valence electrons. The van der Waals surface area contributed by atoms with Crippen LogP contribution in [0.5, 0.6) is 0 Å². The van der Waals surface area contributed by atoms with Gasteiger partial charge in [0.1, 0.15) is 0 Å². The Labute approximate surface area is 178 Å². The van der Waals surface area contributed by atoms with Crippen molar-refractivity contribution in [3.05, 3.63) is 81.7 Å². The number of nitrogens with one attached hydrogen (secondary N) is 1. The first-order valence-corrected chi connectivity index (χ1v) is 9.67. The molecular weight excluding hydrogens is 400 g/mol. The number of nitro groups is 1. The SMILES string of the molecule is CCN(Cc1ccccc1)C(=O)CNC(=O)c1nnn(-c2cccc([N+](=O)[O-])c2)c1C. The van der Waals surface area contributed by atoms with E-state index in [1.54, 1.807) is 17.9 Å². The van der Waals surface area contributed by atoms with Gasteiger partial charge >= 0.3 is 0 Å². The molecule has 0 unspecified atom stereocenters. The Morgan fingerprint density at radius 1 is 1.16 bits per heavy atom. The third kappa shape index (κ3) is 5.10. The van der Waals surface area contributed by atoms with Gasteiger partial charge in [-0.2, -0.15) is 0 Å². The average molecular weight is 422 g/mol. The maximum Gasteiger partial charge on any atom is 0.274 e. The maximum atomic E-state index is 12.6. The van der Waals surface area contributed by atoms with E-state index in [0.29, 0.717) is 24.5 Å². The van der Waals surface area contributed by atoms with Crippen LogP contribution in [0.2, 0.25) is 0 Å². The van der Waals surface area contributed by atoms with Gasteiger partial charge in [-0.25, -0.2) is 4.68 Å². The van der Waals surface area contributed by atoms with Gasteiger partial charge in [0, 0.05) is 25.2 Å². The maximum absolute atomic E-state index is 12.6. The lowest BCUT2D eigenvalue weighted by atomic mass is 10.2. The highest BCUT2D eigenvalue weighted by Crippen LogP contribution is 2.18. The topological polar surface area (TPSA) is 123 Å². The molecule has 10 nitrogen and oxygen atoms in total. The Hall–Kier alpha value is -4.08. The summed E-state index contributed by atoms with van der Waals surface area (Å²) >= 11 is 0. The summed E-state index contributed by atoms with van der Waals surface area (Å²) in [6.45, 7) is 4.28. The highest BCUT2D eigenvalue weighted by atomic mass is 16.6. The van der Waals surface area contributed by atoms with Crippen LogP contribution >= 0.6 is 0 Å². The van der Waals surface area contributed by atoms with Gasteiger partial charge in [0.25, 0.3) is 11.6 Å². The number of rotatable bonds is 8. The molecule has 3 aromatic rings. The first kappa shape index (κ1) is 21.6. The van der Waals surface area contributed by atoms with E-state index in [1.165, 1.54) is 22.9 Å². The molecular formula is C21H22N6O4. The van der Waals surface area contributed by atoms with Gasteiger partial charge in [-0.05, 0) is 25.5 Å². The van der Waals surface area contributed by atoms with Crippen molar-refractivity contribution in [3.8, 4) is 5.69 Å². The van der Waals surface area contributed by atoms with Crippen LogP contribution in [-0.4, -0.2) is 49.7 Å². The Bertz CT molecular complexity index is 1100. The van der Waals surface area contributed by atoms with Crippen molar-refractivity contribution >= 4 is 17.5 Å². The first-order chi connectivity index (χ1) is 14.9. The van der Waals surface area contributed by atoms with E-state index in [4.69, 9.17) is 0 Å². The zero-order valence-electron chi connectivity index (χ0n) is 17.2. The van der Waals surface area contributed by atoms with Crippen LogP contribution < -0.4 is 5.32 Å². The van der Waals surface area contributed by atoms with Crippen LogP contribution in [0.4, 0.5) is 5.69 Å². The van der Waals surface area contributed by atoms with Crippen LogP contribution in [0, 0.1) is 17.0 Å². The van der Waals surface area contributed by atoms with Crippen molar-refractivity contribution in [2.45, 2.75) is 20.4 Å². The Kier molecular flexibility index (Phi) is 6.71. The summed E-state index contributed by atoms with van der Waals surface area (Å²) in [4.78, 5) is 37.2. The van der Waals surface area contributed by atoms with Crippen LogP contribution in [0.1, 0.15) is 28.7 Å². The predicted octanol–water partition coefficient (Wildman–Crippen LogP) is 2.26. The molecule has 0 aliphatic heterocycles. The number of carbonyl (C=O) groups is 2. The van der Waals surface area contributed by atoms with Crippen LogP contribution in [0.15, 0.2) is 54.6 Å². The molecule has 0 saturated carbocycles. The van der Waals surface area contributed by atoms with Gasteiger partial charge in [0.05, 0.1) is 22.8 Å². The summed E-state index contributed by atoms with van der Waals surface area (Å²) < 4.78 is 1.34. The zero-order valence-corrected chi connectivity index (χ0v) is 17.2. The second-order valence-electron chi connectivity index (χ2n) is 6.79. The van der Waals surface area contributed by atoms with Crippen LogP contribution in [0.25, 0.3) is 5.69 Å². The van der Waals surface area contributed by atoms with Crippen molar-refractivity contribution in [1.82, 2.24) is 25.2 Å². The van der Waals surface area contributed by atoms with Crippen molar-refractivity contribution in [3.63, 3.8) is 0 Å². The number of aromatic nitrogens is 3. The Morgan fingerprint density at radius 3 is 2.58 bits per heavy atom. The average Bonchev–Trinajstić information content (AvgIpc) is 3.17. The van der Waals surface area contributed by atoms with Crippen molar-refractivity contribution in [1.29, 1.82) is 0 Å². The summed E-state index contributed by atoms with van der Waals surface area (Å²) in [6, 6.07) is 15.5. The van der Waals surface area contributed by atoms with Gasteiger partial charge in [-0.1, -0.05) is 41.6 Å². The number of benzene rings is 2. The molecule has 0 atom stereocenters. The minimum absolute atomic E-state index is 0.0467. The monoisotopic (exact) mass is 422 g/mol. The fourth-order valence-corrected chi connectivity index (χ4v) is 3.05. The molecule has 0 aliphatic carbocycles. The largest absolute Gasteiger partial charge is 0.342 e. The molecule has 2 aromatic carbocycles. The molecule has 1 N–H and O–H groups in total. The van der Waals surface area contributed by atoms with E-state index >= 15 is 0 Å². The van der Waals surface area contributed by atoms with E-state index in [2.05, 4.69) is 15.6 Å². The fraction of sp³-hybridized carbons (Fsp3) is 0.238. The molecule has 0 radical (unpaired) electrons. The second-order valence-corrected chi connectivity index (χ2v) is 6.79. The quantitative estimate of drug-likeness (QED) is 0.439. The Balaban J connectivity index is 1.66. The molecule has 2 amide bonds. The molecule has 0 bridgehead atoms. The zero-order chi connectivity index (χ0) is 22.4. The minimum Gasteiger partial charge on any atom is -0.342 e. The lowest BCUT2D eigenvalue weighted by molar-refractivity contribution is -0.384. The van der Waals surface area contributed by atoms with Crippen molar-refractivity contribution in [2.75, 3.05) is 13.1 Å². The summed E-state index contributed by atoms with van der Waals surface area (Å²) in [7, 11) is 0. The van der Waals surface area contributed by atoms with E-state index in [0.717, 1.165) is 5.56 Å². The van der Waals surface area contributed by atoms with Gasteiger partial charge in [0.2, 0.25) is 5.91 Å². The highest BCUT2D eigenvalue weighted by Gasteiger charge is 2.20. The third-order valence-electron chi connectivity index (χ3n) is 4.75. The predicted molar refractivity (Wildman–Crippen MR) is 113 cm³/mol. The molecule has 0 saturated heterocycles. The summed E-state index contributed by atoms with van der Waals surface area (Å²) in [5.41, 5.74) is 1.77. The number of carbonyl (C=O) groups excluding carboxylic acids is 2. The van der Waals surface area contributed by atoms with Gasteiger partial charge in [0.15, 0.2) is 5.69 Å². The number of non-ortho nitro benzene ring substituents is 1. The molecule has 31 heavy (non-hydrogen) atoms. The van der Waals surface area contributed by atoms with Crippen molar-refractivity contribution < 1.29 is 14.5 Å². The summed E-state index contributed by atoms with van der Waals surface area (Å²) in [5, 5.41) is 21.4. The molecule has 0 fully saturated rings. The van der Waals surface area contributed by atoms with E-state index in [1.807, 2.05) is 37.3 Å². The molecule has 3 rings (SSSR count). The molecule has 10 heteroatoms. The molecule has 1 aromatic heterocycles. The highest BCUT2D eigenvalue weighted by molar-refractivity contribution is 5.95. The van der Waals surface area contributed by atoms with Gasteiger partial charge < -0.3 is 10.2 Å². The van der Waals surface area contributed by atoms with Gasteiger partial charge in [-0.3, -0.25) is 19.7 Å². The Morgan fingerprint density at radius 2 is 1.90 bits per heavy atom. The minimum atomic E-state index is -0.543. The van der Waals surface area contributed by atoms with Crippen LogP contribution in [0.3, 0.4) is 0 Å². The summed E-state index contributed by atoms with van der Waals surface area (Å²) in [5.74, 6) is -0.762. The van der Waals surface area contributed by atoms with Crippen molar-refractivity contribution in [2.24, 2.45) is 0 Å².